The van der Waals surface area contributed by atoms with Crippen LogP contribution in [0.1, 0.15) is 32.1 Å². The van der Waals surface area contributed by atoms with Gasteiger partial charge >= 0.3 is 0 Å². The maximum Gasteiger partial charge on any atom is 0.219 e. The molecule has 0 bridgehead atoms. The van der Waals surface area contributed by atoms with E-state index in [9.17, 15) is 4.79 Å². The molecule has 0 unspecified atom stereocenters. The summed E-state index contributed by atoms with van der Waals surface area (Å²) >= 11 is 0. The average molecular weight is 168 g/mol. The monoisotopic (exact) mass is 168 g/mol. The first-order valence-electron chi connectivity index (χ1n) is 4.70. The van der Waals surface area contributed by atoms with Crippen LogP contribution in [0.25, 0.3) is 0 Å². The lowest BCUT2D eigenvalue weighted by Gasteiger charge is -2.28. The molecule has 0 atom stereocenters. The molecule has 2 rings (SSSR count). The molecule has 0 aromatic rings. The normalized spacial score (nSPS) is 24.1. The van der Waals surface area contributed by atoms with Gasteiger partial charge in [-0.3, -0.25) is 4.79 Å². The topological polar surface area (TPSA) is 69.1 Å². The summed E-state index contributed by atoms with van der Waals surface area (Å²) in [6, 6.07) is 0. The number of hydrogen-bond donors (Lipinski definition) is 2. The number of rotatable bonds is 4. The molecule has 2 saturated carbocycles. The number of carbonyl (C=O) groups excluding carboxylic acids is 1. The second-order valence-corrected chi connectivity index (χ2v) is 4.30. The van der Waals surface area contributed by atoms with Crippen molar-refractivity contribution in [3.63, 3.8) is 0 Å². The van der Waals surface area contributed by atoms with E-state index in [4.69, 9.17) is 11.5 Å². The standard InChI is InChI=1S/C9H16N2O/c10-8(12)5-9(11,6-1-2-6)7-3-4-7/h6-7H,1-5,11H2,(H2,10,12). The van der Waals surface area contributed by atoms with Gasteiger partial charge in [0.2, 0.25) is 5.91 Å². The van der Waals surface area contributed by atoms with E-state index in [1.165, 1.54) is 25.7 Å². The molecular weight excluding hydrogens is 152 g/mol. The van der Waals surface area contributed by atoms with E-state index < -0.39 is 0 Å². The van der Waals surface area contributed by atoms with Crippen molar-refractivity contribution in [3.8, 4) is 0 Å². The molecule has 2 aliphatic carbocycles. The third-order valence-corrected chi connectivity index (χ3v) is 3.16. The van der Waals surface area contributed by atoms with E-state index in [-0.39, 0.29) is 11.4 Å². The number of amides is 1. The Morgan fingerprint density at radius 1 is 1.25 bits per heavy atom. The number of nitrogens with two attached hydrogens (primary N) is 2. The molecule has 3 heteroatoms. The van der Waals surface area contributed by atoms with Crippen molar-refractivity contribution in [2.75, 3.05) is 0 Å². The summed E-state index contributed by atoms with van der Waals surface area (Å²) in [6.07, 6.45) is 5.17. The third kappa shape index (κ3) is 1.33. The van der Waals surface area contributed by atoms with Crippen LogP contribution in [-0.2, 0) is 4.79 Å². The van der Waals surface area contributed by atoms with E-state index in [0.29, 0.717) is 18.3 Å². The lowest BCUT2D eigenvalue weighted by atomic mass is 9.85. The predicted octanol–water partition coefficient (Wildman–Crippen LogP) is 0.379. The van der Waals surface area contributed by atoms with Crippen LogP contribution in [0.2, 0.25) is 0 Å². The summed E-state index contributed by atoms with van der Waals surface area (Å²) in [5, 5.41) is 0. The SMILES string of the molecule is NC(=O)CC(N)(C1CC1)C1CC1. The van der Waals surface area contributed by atoms with Crippen LogP contribution >= 0.6 is 0 Å². The van der Waals surface area contributed by atoms with Crippen LogP contribution in [0.3, 0.4) is 0 Å². The zero-order valence-electron chi connectivity index (χ0n) is 7.25. The van der Waals surface area contributed by atoms with Crippen LogP contribution in [0.4, 0.5) is 0 Å². The summed E-state index contributed by atoms with van der Waals surface area (Å²) in [5.74, 6) is 0.922. The van der Waals surface area contributed by atoms with Gasteiger partial charge in [-0.1, -0.05) is 0 Å². The minimum atomic E-state index is -0.240. The van der Waals surface area contributed by atoms with Gasteiger partial charge in [-0.05, 0) is 37.5 Å². The zero-order chi connectivity index (χ0) is 8.77. The Labute approximate surface area is 72.5 Å². The van der Waals surface area contributed by atoms with E-state index >= 15 is 0 Å². The molecule has 0 spiro atoms. The second kappa shape index (κ2) is 2.46. The summed E-state index contributed by atoms with van der Waals surface area (Å²) in [7, 11) is 0. The molecule has 1 amide bonds. The fraction of sp³-hybridized carbons (Fsp3) is 0.889. The smallest absolute Gasteiger partial charge is 0.219 e. The van der Waals surface area contributed by atoms with Crippen LogP contribution in [0.15, 0.2) is 0 Å². The van der Waals surface area contributed by atoms with Crippen LogP contribution in [0, 0.1) is 11.8 Å². The Hall–Kier alpha value is -0.570. The van der Waals surface area contributed by atoms with Gasteiger partial charge in [0.25, 0.3) is 0 Å². The first-order chi connectivity index (χ1) is 5.63. The fourth-order valence-electron chi connectivity index (χ4n) is 2.17. The molecule has 3 nitrogen and oxygen atoms in total. The highest BCUT2D eigenvalue weighted by molar-refractivity contribution is 5.75. The molecule has 0 aromatic heterocycles. The summed E-state index contributed by atoms with van der Waals surface area (Å²) in [5.41, 5.74) is 11.2. The van der Waals surface area contributed by atoms with E-state index in [1.807, 2.05) is 0 Å². The number of primary amides is 1. The second-order valence-electron chi connectivity index (χ2n) is 4.30. The van der Waals surface area contributed by atoms with E-state index in [2.05, 4.69) is 0 Å². The van der Waals surface area contributed by atoms with E-state index in [1.54, 1.807) is 0 Å². The molecule has 68 valence electrons. The van der Waals surface area contributed by atoms with Crippen molar-refractivity contribution in [1.29, 1.82) is 0 Å². The average Bonchev–Trinajstić information content (AvgIpc) is 2.82. The fourth-order valence-corrected chi connectivity index (χ4v) is 2.17. The highest BCUT2D eigenvalue weighted by atomic mass is 16.1. The summed E-state index contributed by atoms with van der Waals surface area (Å²) in [4.78, 5) is 10.8. The van der Waals surface area contributed by atoms with Crippen molar-refractivity contribution in [2.45, 2.75) is 37.6 Å². The Morgan fingerprint density at radius 2 is 1.67 bits per heavy atom. The summed E-state index contributed by atoms with van der Waals surface area (Å²) < 4.78 is 0. The van der Waals surface area contributed by atoms with Crippen LogP contribution in [-0.4, -0.2) is 11.4 Å². The van der Waals surface area contributed by atoms with Gasteiger partial charge < -0.3 is 11.5 Å². The lowest BCUT2D eigenvalue weighted by Crippen LogP contribution is -2.47. The molecule has 2 aliphatic rings. The van der Waals surface area contributed by atoms with Crippen molar-refractivity contribution >= 4 is 5.91 Å². The summed E-state index contributed by atoms with van der Waals surface area (Å²) in [6.45, 7) is 0. The Balaban J connectivity index is 2.03. The Kier molecular flexibility index (Phi) is 1.65. The first kappa shape index (κ1) is 8.05. The largest absolute Gasteiger partial charge is 0.370 e. The van der Waals surface area contributed by atoms with Crippen molar-refractivity contribution in [1.82, 2.24) is 0 Å². The van der Waals surface area contributed by atoms with Crippen molar-refractivity contribution < 1.29 is 4.79 Å². The maximum atomic E-state index is 10.8. The lowest BCUT2D eigenvalue weighted by molar-refractivity contribution is -0.119. The molecule has 0 aromatic carbocycles. The van der Waals surface area contributed by atoms with Crippen LogP contribution in [0.5, 0.6) is 0 Å². The van der Waals surface area contributed by atoms with Gasteiger partial charge in [0, 0.05) is 12.0 Å². The Bertz CT molecular complexity index is 195. The van der Waals surface area contributed by atoms with Crippen molar-refractivity contribution in [2.24, 2.45) is 23.3 Å². The van der Waals surface area contributed by atoms with Gasteiger partial charge in [0.15, 0.2) is 0 Å². The molecule has 12 heavy (non-hydrogen) atoms. The van der Waals surface area contributed by atoms with Gasteiger partial charge in [-0.2, -0.15) is 0 Å². The van der Waals surface area contributed by atoms with Gasteiger partial charge in [-0.15, -0.1) is 0 Å². The van der Waals surface area contributed by atoms with Gasteiger partial charge in [0.1, 0.15) is 0 Å². The van der Waals surface area contributed by atoms with Crippen molar-refractivity contribution in [3.05, 3.63) is 0 Å². The molecule has 0 radical (unpaired) electrons. The third-order valence-electron chi connectivity index (χ3n) is 3.16. The minimum Gasteiger partial charge on any atom is -0.370 e. The number of carbonyl (C=O) groups is 1. The zero-order valence-corrected chi connectivity index (χ0v) is 7.25. The van der Waals surface area contributed by atoms with Crippen LogP contribution < -0.4 is 11.5 Å². The van der Waals surface area contributed by atoms with Gasteiger partial charge in [0.05, 0.1) is 0 Å². The minimum absolute atomic E-state index is 0.230. The molecule has 0 saturated heterocycles. The first-order valence-corrected chi connectivity index (χ1v) is 4.70. The molecule has 4 N–H and O–H groups in total. The molecule has 0 heterocycles. The predicted molar refractivity (Wildman–Crippen MR) is 46.2 cm³/mol. The Morgan fingerprint density at radius 3 is 1.92 bits per heavy atom. The highest BCUT2D eigenvalue weighted by Gasteiger charge is 2.52. The van der Waals surface area contributed by atoms with E-state index in [0.717, 1.165) is 0 Å². The molecular formula is C9H16N2O. The molecule has 2 fully saturated rings. The molecule has 0 aliphatic heterocycles. The number of hydrogen-bond acceptors (Lipinski definition) is 2. The quantitative estimate of drug-likeness (QED) is 0.637. The maximum absolute atomic E-state index is 10.8. The highest BCUT2D eigenvalue weighted by Crippen LogP contribution is 2.52. The van der Waals surface area contributed by atoms with Gasteiger partial charge in [-0.25, -0.2) is 0 Å².